The van der Waals surface area contributed by atoms with E-state index in [1.165, 1.54) is 0 Å². The van der Waals surface area contributed by atoms with Crippen LogP contribution in [0.2, 0.25) is 0 Å². The Labute approximate surface area is 156 Å². The van der Waals surface area contributed by atoms with Gasteiger partial charge in [-0.25, -0.2) is 9.78 Å². The number of aromatic nitrogens is 2. The predicted molar refractivity (Wildman–Crippen MR) is 99.4 cm³/mol. The Kier molecular flexibility index (Phi) is 4.02. The maximum absolute atomic E-state index is 12.7. The van der Waals surface area contributed by atoms with Gasteiger partial charge in [0, 0.05) is 36.4 Å². The lowest BCUT2D eigenvalue weighted by Crippen LogP contribution is -2.40. The number of aromatic amines is 1. The molecule has 0 unspecified atom stereocenters. The highest BCUT2D eigenvalue weighted by atomic mass is 16.5. The van der Waals surface area contributed by atoms with Gasteiger partial charge in [-0.3, -0.25) is 4.79 Å². The number of carbonyl (C=O) groups excluding carboxylic acids is 1. The van der Waals surface area contributed by atoms with Crippen LogP contribution in [0.4, 0.5) is 0 Å². The molecule has 0 amide bonds. The van der Waals surface area contributed by atoms with Crippen molar-refractivity contribution >= 4 is 28.9 Å². The third-order valence-electron chi connectivity index (χ3n) is 5.04. The SMILES string of the molecule is CC1(C)CCCN(C2=C(C(=O)O)C(=O)C(=Cc3c[nH]c4ncccc34)O2)C1. The number of carboxylic acid groups (broad SMARTS) is 1. The number of hydrogen-bond acceptors (Lipinski definition) is 5. The van der Waals surface area contributed by atoms with Crippen molar-refractivity contribution in [2.45, 2.75) is 26.7 Å². The molecule has 2 aliphatic heterocycles. The lowest BCUT2D eigenvalue weighted by Gasteiger charge is -2.39. The fourth-order valence-electron chi connectivity index (χ4n) is 3.76. The van der Waals surface area contributed by atoms with Gasteiger partial charge in [0.1, 0.15) is 5.65 Å². The number of nitrogens with one attached hydrogen (secondary N) is 1. The summed E-state index contributed by atoms with van der Waals surface area (Å²) in [5.41, 5.74) is 1.17. The molecule has 0 saturated carbocycles. The molecular weight excluding hydrogens is 346 g/mol. The van der Waals surface area contributed by atoms with Gasteiger partial charge < -0.3 is 19.7 Å². The van der Waals surface area contributed by atoms with Crippen LogP contribution >= 0.6 is 0 Å². The molecule has 0 aromatic carbocycles. The summed E-state index contributed by atoms with van der Waals surface area (Å²) >= 11 is 0. The fraction of sp³-hybridized carbons (Fsp3) is 0.350. The zero-order valence-electron chi connectivity index (χ0n) is 15.3. The number of pyridine rings is 1. The van der Waals surface area contributed by atoms with Crippen LogP contribution in [0.3, 0.4) is 0 Å². The first-order chi connectivity index (χ1) is 12.9. The number of rotatable bonds is 3. The number of Topliss-reactive ketones (excluding diaryl/α,β-unsaturated/α-hetero) is 1. The molecule has 2 aliphatic rings. The van der Waals surface area contributed by atoms with E-state index in [9.17, 15) is 14.7 Å². The number of carbonyl (C=O) groups is 2. The summed E-state index contributed by atoms with van der Waals surface area (Å²) in [7, 11) is 0. The topological polar surface area (TPSA) is 95.5 Å². The number of carboxylic acids is 1. The second-order valence-corrected chi connectivity index (χ2v) is 7.76. The first-order valence-electron chi connectivity index (χ1n) is 8.95. The quantitative estimate of drug-likeness (QED) is 0.640. The number of allylic oxidation sites excluding steroid dienone is 1. The van der Waals surface area contributed by atoms with Gasteiger partial charge in [-0.1, -0.05) is 13.8 Å². The van der Waals surface area contributed by atoms with Gasteiger partial charge in [0.05, 0.1) is 0 Å². The Balaban J connectivity index is 1.70. The molecule has 0 aliphatic carbocycles. The number of nitrogens with zero attached hydrogens (tertiary/aromatic N) is 2. The van der Waals surface area contributed by atoms with E-state index in [1.807, 2.05) is 11.0 Å². The minimum absolute atomic E-state index is 0.0236. The number of likely N-dealkylation sites (tertiary alicyclic amines) is 1. The van der Waals surface area contributed by atoms with Crippen LogP contribution < -0.4 is 0 Å². The Hall–Kier alpha value is -3.09. The molecule has 4 heterocycles. The fourth-order valence-corrected chi connectivity index (χ4v) is 3.76. The minimum atomic E-state index is -1.26. The summed E-state index contributed by atoms with van der Waals surface area (Å²) in [4.78, 5) is 33.6. The summed E-state index contributed by atoms with van der Waals surface area (Å²) in [6.07, 6.45) is 6.96. The molecule has 0 spiro atoms. The van der Waals surface area contributed by atoms with Crippen LogP contribution in [0.5, 0.6) is 0 Å². The standard InChI is InChI=1S/C20H21N3O4/c1-20(2)6-4-8-23(11-20)18-15(19(25)26)16(24)14(27-18)9-12-10-22-17-13(12)5-3-7-21-17/h3,5,7,9-10H,4,6,8,11H2,1-2H3,(H,21,22)(H,25,26). The van der Waals surface area contributed by atoms with E-state index in [2.05, 4.69) is 23.8 Å². The predicted octanol–water partition coefficient (Wildman–Crippen LogP) is 2.92. The van der Waals surface area contributed by atoms with Gasteiger partial charge in [0.25, 0.3) is 0 Å². The van der Waals surface area contributed by atoms with Crippen LogP contribution in [0, 0.1) is 5.41 Å². The van der Waals surface area contributed by atoms with E-state index in [0.717, 1.165) is 23.8 Å². The molecule has 7 heteroatoms. The van der Waals surface area contributed by atoms with Crippen molar-refractivity contribution in [1.29, 1.82) is 0 Å². The number of aliphatic carboxylic acids is 1. The molecule has 4 rings (SSSR count). The molecule has 1 saturated heterocycles. The van der Waals surface area contributed by atoms with Gasteiger partial charge in [-0.2, -0.15) is 0 Å². The zero-order chi connectivity index (χ0) is 19.2. The molecule has 2 N–H and O–H groups in total. The normalized spacial score (nSPS) is 21.2. The van der Waals surface area contributed by atoms with Gasteiger partial charge in [0.2, 0.25) is 11.7 Å². The number of ketones is 1. The van der Waals surface area contributed by atoms with Gasteiger partial charge in [-0.15, -0.1) is 0 Å². The largest absolute Gasteiger partial charge is 0.477 e. The van der Waals surface area contributed by atoms with Crippen molar-refractivity contribution in [2.24, 2.45) is 5.41 Å². The number of piperidine rings is 1. The van der Waals surface area contributed by atoms with Crippen molar-refractivity contribution < 1.29 is 19.4 Å². The monoisotopic (exact) mass is 367 g/mol. The molecule has 2 aromatic heterocycles. The Morgan fingerprint density at radius 3 is 3.00 bits per heavy atom. The Morgan fingerprint density at radius 1 is 1.44 bits per heavy atom. The van der Waals surface area contributed by atoms with Crippen molar-refractivity contribution in [3.8, 4) is 0 Å². The zero-order valence-corrected chi connectivity index (χ0v) is 15.3. The molecule has 0 radical (unpaired) electrons. The van der Waals surface area contributed by atoms with Crippen LogP contribution in [-0.2, 0) is 14.3 Å². The summed E-state index contributed by atoms with van der Waals surface area (Å²) in [5.74, 6) is -1.68. The summed E-state index contributed by atoms with van der Waals surface area (Å²) in [5, 5.41) is 10.4. The Bertz CT molecular complexity index is 1000. The molecule has 0 bridgehead atoms. The van der Waals surface area contributed by atoms with E-state index in [1.54, 1.807) is 24.5 Å². The van der Waals surface area contributed by atoms with Crippen LogP contribution in [-0.4, -0.2) is 44.8 Å². The van der Waals surface area contributed by atoms with E-state index >= 15 is 0 Å². The maximum Gasteiger partial charge on any atom is 0.345 e. The molecule has 27 heavy (non-hydrogen) atoms. The van der Waals surface area contributed by atoms with Crippen molar-refractivity contribution in [2.75, 3.05) is 13.1 Å². The van der Waals surface area contributed by atoms with Crippen molar-refractivity contribution in [1.82, 2.24) is 14.9 Å². The van der Waals surface area contributed by atoms with Crippen molar-refractivity contribution in [3.05, 3.63) is 47.3 Å². The summed E-state index contributed by atoms with van der Waals surface area (Å²) in [6.45, 7) is 5.59. The third kappa shape index (κ3) is 3.09. The average molecular weight is 367 g/mol. The molecule has 1 fully saturated rings. The summed E-state index contributed by atoms with van der Waals surface area (Å²) in [6, 6.07) is 3.68. The van der Waals surface area contributed by atoms with Crippen molar-refractivity contribution in [3.63, 3.8) is 0 Å². The lowest BCUT2D eigenvalue weighted by molar-refractivity contribution is -0.134. The van der Waals surface area contributed by atoms with Gasteiger partial charge >= 0.3 is 5.97 Å². The van der Waals surface area contributed by atoms with Gasteiger partial charge in [0.15, 0.2) is 11.3 Å². The second-order valence-electron chi connectivity index (χ2n) is 7.76. The maximum atomic E-state index is 12.7. The highest BCUT2D eigenvalue weighted by molar-refractivity contribution is 6.26. The van der Waals surface area contributed by atoms with E-state index in [0.29, 0.717) is 18.7 Å². The number of H-pyrrole nitrogens is 1. The summed E-state index contributed by atoms with van der Waals surface area (Å²) < 4.78 is 5.80. The first-order valence-corrected chi connectivity index (χ1v) is 8.95. The van der Waals surface area contributed by atoms with Crippen LogP contribution in [0.15, 0.2) is 41.7 Å². The molecule has 140 valence electrons. The molecule has 0 atom stereocenters. The first kappa shape index (κ1) is 17.3. The van der Waals surface area contributed by atoms with E-state index in [-0.39, 0.29) is 22.6 Å². The van der Waals surface area contributed by atoms with Gasteiger partial charge in [-0.05, 0) is 36.5 Å². The average Bonchev–Trinajstić information content (AvgIpc) is 3.16. The number of ether oxygens (including phenoxy) is 1. The molecule has 7 nitrogen and oxygen atoms in total. The van der Waals surface area contributed by atoms with E-state index < -0.39 is 11.8 Å². The van der Waals surface area contributed by atoms with Crippen LogP contribution in [0.25, 0.3) is 17.1 Å². The number of fused-ring (bicyclic) bond motifs is 1. The Morgan fingerprint density at radius 2 is 2.26 bits per heavy atom. The number of hydrogen-bond donors (Lipinski definition) is 2. The third-order valence-corrected chi connectivity index (χ3v) is 5.04. The minimum Gasteiger partial charge on any atom is -0.477 e. The lowest BCUT2D eigenvalue weighted by atomic mass is 9.84. The highest BCUT2D eigenvalue weighted by Crippen LogP contribution is 2.36. The second kappa shape index (κ2) is 6.26. The molecule has 2 aromatic rings. The van der Waals surface area contributed by atoms with E-state index in [4.69, 9.17) is 4.74 Å². The smallest absolute Gasteiger partial charge is 0.345 e. The molecular formula is C20H21N3O4. The highest BCUT2D eigenvalue weighted by Gasteiger charge is 2.40. The van der Waals surface area contributed by atoms with Crippen LogP contribution in [0.1, 0.15) is 32.3 Å².